The van der Waals surface area contributed by atoms with Gasteiger partial charge in [-0.15, -0.1) is 0 Å². The van der Waals surface area contributed by atoms with Gasteiger partial charge in [0.1, 0.15) is 0 Å². The summed E-state index contributed by atoms with van der Waals surface area (Å²) in [5, 5.41) is 0.782. The number of thioether (sulfide) groups is 1. The summed E-state index contributed by atoms with van der Waals surface area (Å²) in [5.74, 6) is 2.74. The van der Waals surface area contributed by atoms with E-state index in [1.165, 1.54) is 11.7 Å². The van der Waals surface area contributed by atoms with Gasteiger partial charge in [0.2, 0.25) is 0 Å². The largest absolute Gasteiger partial charge is 0.159 e. The summed E-state index contributed by atoms with van der Waals surface area (Å²) in [4.78, 5) is 0. The van der Waals surface area contributed by atoms with Gasteiger partial charge in [0, 0.05) is 0 Å². The fraction of sp³-hybridized carbons (Fsp3) is 0.857. The predicted molar refractivity (Wildman–Crippen MR) is 42.2 cm³/mol. The second kappa shape index (κ2) is 4.25. The average Bonchev–Trinajstić information content (AvgIpc) is 1.61. The van der Waals surface area contributed by atoms with Crippen molar-refractivity contribution >= 4 is 11.8 Å². The quantitative estimate of drug-likeness (QED) is 0.567. The predicted octanol–water partition coefficient (Wildman–Crippen LogP) is 2.74. The summed E-state index contributed by atoms with van der Waals surface area (Å²) < 4.78 is 0. The van der Waals surface area contributed by atoms with Crippen LogP contribution in [0.5, 0.6) is 0 Å². The van der Waals surface area contributed by atoms with Crippen LogP contribution in [0.25, 0.3) is 0 Å². The van der Waals surface area contributed by atoms with Gasteiger partial charge in [-0.25, -0.2) is 0 Å². The SMILES string of the molecule is C[C](C)CSC(C)C. The van der Waals surface area contributed by atoms with E-state index in [-0.39, 0.29) is 0 Å². The molecule has 0 N–H and O–H groups in total. The summed E-state index contributed by atoms with van der Waals surface area (Å²) in [7, 11) is 0. The van der Waals surface area contributed by atoms with Crippen molar-refractivity contribution in [3.8, 4) is 0 Å². The average molecular weight is 131 g/mol. The van der Waals surface area contributed by atoms with E-state index in [1.807, 2.05) is 11.8 Å². The molecule has 0 aromatic carbocycles. The van der Waals surface area contributed by atoms with Crippen molar-refractivity contribution < 1.29 is 0 Å². The Morgan fingerprint density at radius 2 is 1.88 bits per heavy atom. The first-order chi connectivity index (χ1) is 3.63. The second-order valence-electron chi connectivity index (χ2n) is 2.57. The molecule has 0 fully saturated rings. The van der Waals surface area contributed by atoms with Crippen LogP contribution in [0.15, 0.2) is 0 Å². The molecule has 0 aliphatic rings. The van der Waals surface area contributed by atoms with Crippen LogP contribution in [0.3, 0.4) is 0 Å². The van der Waals surface area contributed by atoms with Gasteiger partial charge in [-0.2, -0.15) is 11.8 Å². The fourth-order valence-electron chi connectivity index (χ4n) is 0.333. The highest BCUT2D eigenvalue weighted by Crippen LogP contribution is 2.13. The summed E-state index contributed by atoms with van der Waals surface area (Å²) in [6.45, 7) is 8.81. The molecule has 49 valence electrons. The van der Waals surface area contributed by atoms with Crippen LogP contribution in [0.4, 0.5) is 0 Å². The smallest absolute Gasteiger partial charge is 0.000811 e. The lowest BCUT2D eigenvalue weighted by Crippen LogP contribution is -1.93. The monoisotopic (exact) mass is 131 g/mol. The first-order valence-electron chi connectivity index (χ1n) is 3.03. The van der Waals surface area contributed by atoms with Crippen molar-refractivity contribution in [1.82, 2.24) is 0 Å². The lowest BCUT2D eigenvalue weighted by molar-refractivity contribution is 1.07. The minimum atomic E-state index is 0.782. The van der Waals surface area contributed by atoms with Gasteiger partial charge in [-0.1, -0.05) is 27.7 Å². The Hall–Kier alpha value is 0.350. The number of hydrogen-bond acceptors (Lipinski definition) is 1. The topological polar surface area (TPSA) is 0 Å². The molecule has 0 aliphatic carbocycles. The van der Waals surface area contributed by atoms with Gasteiger partial charge in [-0.3, -0.25) is 0 Å². The fourth-order valence-corrected chi connectivity index (χ4v) is 1.00. The maximum absolute atomic E-state index is 2.23. The third kappa shape index (κ3) is 6.35. The first-order valence-corrected chi connectivity index (χ1v) is 4.08. The van der Waals surface area contributed by atoms with Crippen LogP contribution in [0.2, 0.25) is 0 Å². The highest BCUT2D eigenvalue weighted by atomic mass is 32.2. The highest BCUT2D eigenvalue weighted by molar-refractivity contribution is 7.99. The van der Waals surface area contributed by atoms with E-state index in [1.54, 1.807) is 0 Å². The lowest BCUT2D eigenvalue weighted by Gasteiger charge is -2.05. The molecule has 0 atom stereocenters. The Balaban J connectivity index is 2.93. The minimum absolute atomic E-state index is 0.782. The molecule has 0 aromatic heterocycles. The lowest BCUT2D eigenvalue weighted by atomic mass is 10.3. The van der Waals surface area contributed by atoms with Crippen molar-refractivity contribution in [3.05, 3.63) is 5.92 Å². The van der Waals surface area contributed by atoms with Crippen LogP contribution in [-0.2, 0) is 0 Å². The molecule has 0 unspecified atom stereocenters. The van der Waals surface area contributed by atoms with Crippen molar-refractivity contribution in [2.24, 2.45) is 0 Å². The second-order valence-corrected chi connectivity index (χ2v) is 4.13. The maximum atomic E-state index is 2.23. The van der Waals surface area contributed by atoms with E-state index in [0.717, 1.165) is 5.25 Å². The summed E-state index contributed by atoms with van der Waals surface area (Å²) in [6, 6.07) is 0. The zero-order chi connectivity index (χ0) is 6.57. The van der Waals surface area contributed by atoms with E-state index in [9.17, 15) is 0 Å². The Morgan fingerprint density at radius 3 is 2.00 bits per heavy atom. The van der Waals surface area contributed by atoms with E-state index < -0.39 is 0 Å². The first kappa shape index (κ1) is 8.35. The molecular formula is C7H15S. The standard InChI is InChI=1S/C7H15S/c1-6(2)5-8-7(3)4/h7H,5H2,1-4H3. The molecule has 0 bridgehead atoms. The van der Waals surface area contributed by atoms with E-state index in [4.69, 9.17) is 0 Å². The Bertz CT molecular complexity index is 40.3. The Kier molecular flexibility index (Phi) is 4.44. The molecular weight excluding hydrogens is 116 g/mol. The van der Waals surface area contributed by atoms with Crippen molar-refractivity contribution in [1.29, 1.82) is 0 Å². The van der Waals surface area contributed by atoms with E-state index >= 15 is 0 Å². The third-order valence-electron chi connectivity index (χ3n) is 0.705. The van der Waals surface area contributed by atoms with Crippen molar-refractivity contribution in [2.45, 2.75) is 32.9 Å². The van der Waals surface area contributed by atoms with Crippen LogP contribution < -0.4 is 0 Å². The molecule has 0 aromatic rings. The van der Waals surface area contributed by atoms with Gasteiger partial charge in [-0.05, 0) is 16.9 Å². The highest BCUT2D eigenvalue weighted by Gasteiger charge is 1.96. The van der Waals surface area contributed by atoms with E-state index in [0.29, 0.717) is 0 Å². The summed E-state index contributed by atoms with van der Waals surface area (Å²) in [5.41, 5.74) is 0. The van der Waals surface area contributed by atoms with Gasteiger partial charge < -0.3 is 0 Å². The molecule has 0 spiro atoms. The van der Waals surface area contributed by atoms with Crippen molar-refractivity contribution in [2.75, 3.05) is 5.75 Å². The molecule has 0 nitrogen and oxygen atoms in total. The Labute approximate surface area is 57.1 Å². The molecule has 1 heteroatoms. The molecule has 1 radical (unpaired) electrons. The normalized spacial score (nSPS) is 11.2. The van der Waals surface area contributed by atoms with Gasteiger partial charge in [0.15, 0.2) is 0 Å². The zero-order valence-electron chi connectivity index (χ0n) is 6.19. The maximum Gasteiger partial charge on any atom is -0.000811 e. The van der Waals surface area contributed by atoms with Crippen LogP contribution >= 0.6 is 11.8 Å². The van der Waals surface area contributed by atoms with E-state index in [2.05, 4.69) is 27.7 Å². The Morgan fingerprint density at radius 1 is 1.38 bits per heavy atom. The third-order valence-corrected chi connectivity index (χ3v) is 2.12. The van der Waals surface area contributed by atoms with Gasteiger partial charge in [0.25, 0.3) is 0 Å². The molecule has 0 heterocycles. The molecule has 0 saturated heterocycles. The van der Waals surface area contributed by atoms with Crippen molar-refractivity contribution in [3.63, 3.8) is 0 Å². The molecule has 0 rings (SSSR count). The van der Waals surface area contributed by atoms with Crippen LogP contribution in [0.1, 0.15) is 27.7 Å². The van der Waals surface area contributed by atoms with Crippen LogP contribution in [0, 0.1) is 5.92 Å². The molecule has 8 heavy (non-hydrogen) atoms. The minimum Gasteiger partial charge on any atom is -0.159 e. The summed E-state index contributed by atoms with van der Waals surface area (Å²) >= 11 is 2.00. The molecule has 0 amide bonds. The molecule has 0 aliphatic heterocycles. The molecule has 0 saturated carbocycles. The van der Waals surface area contributed by atoms with Crippen LogP contribution in [-0.4, -0.2) is 11.0 Å². The van der Waals surface area contributed by atoms with Gasteiger partial charge in [0.05, 0.1) is 0 Å². The van der Waals surface area contributed by atoms with Gasteiger partial charge >= 0.3 is 0 Å². The zero-order valence-corrected chi connectivity index (χ0v) is 7.01. The number of hydrogen-bond donors (Lipinski definition) is 0. The number of rotatable bonds is 3. The summed E-state index contributed by atoms with van der Waals surface area (Å²) in [6.07, 6.45) is 0.